The molecule has 0 aromatic rings. The Labute approximate surface area is 69.2 Å². The van der Waals surface area contributed by atoms with E-state index in [0.717, 1.165) is 0 Å². The normalized spacial score (nSPS) is 49.2. The number of aliphatic hydroxyl groups excluding tert-OH is 4. The summed E-state index contributed by atoms with van der Waals surface area (Å²) in [6.45, 7) is -0.470. The van der Waals surface area contributed by atoms with Crippen molar-refractivity contribution in [2.24, 2.45) is 5.73 Å². The molecule has 5 unspecified atom stereocenters. The lowest BCUT2D eigenvalue weighted by Crippen LogP contribution is -2.61. The molecule has 12 heavy (non-hydrogen) atoms. The van der Waals surface area contributed by atoms with Crippen LogP contribution in [0, 0.1) is 0 Å². The number of aliphatic hydroxyl groups is 4. The van der Waals surface area contributed by atoms with E-state index < -0.39 is 37.3 Å². The van der Waals surface area contributed by atoms with Gasteiger partial charge in [0.25, 0.3) is 0 Å². The van der Waals surface area contributed by atoms with Gasteiger partial charge in [-0.05, 0) is 0 Å². The van der Waals surface area contributed by atoms with E-state index in [9.17, 15) is 10.2 Å². The fourth-order valence-corrected chi connectivity index (χ4v) is 1.12. The molecule has 0 aliphatic carbocycles. The molecule has 0 amide bonds. The second-order valence-corrected chi connectivity index (χ2v) is 2.81. The average Bonchev–Trinajstić information content (AvgIpc) is 2.08. The first kappa shape index (κ1) is 9.85. The molecule has 0 bridgehead atoms. The quantitative estimate of drug-likeness (QED) is 0.288. The lowest BCUT2D eigenvalue weighted by molar-refractivity contribution is -0.248. The van der Waals surface area contributed by atoms with E-state index in [0.29, 0.717) is 0 Å². The summed E-state index contributed by atoms with van der Waals surface area (Å²) in [6.07, 6.45) is -4.85. The van der Waals surface area contributed by atoms with E-state index in [4.69, 9.17) is 20.7 Å². The molecule has 1 saturated heterocycles. The van der Waals surface area contributed by atoms with Crippen LogP contribution < -0.4 is 5.73 Å². The van der Waals surface area contributed by atoms with Crippen molar-refractivity contribution in [1.82, 2.24) is 0 Å². The lowest BCUT2D eigenvalue weighted by atomic mass is 9.79. The van der Waals surface area contributed by atoms with Crippen molar-refractivity contribution in [3.05, 3.63) is 0 Å². The first-order valence-corrected chi connectivity index (χ1v) is 3.64. The van der Waals surface area contributed by atoms with Crippen LogP contribution in [0.5, 0.6) is 0 Å². The van der Waals surface area contributed by atoms with E-state index >= 15 is 0 Å². The van der Waals surface area contributed by atoms with Gasteiger partial charge in [0.1, 0.15) is 18.3 Å². The minimum Gasteiger partial charge on any atom is -0.394 e. The SMILES string of the molecule is NC1C(O)C(O)C(CO)O[11CH]1O. The van der Waals surface area contributed by atoms with E-state index in [1.807, 2.05) is 0 Å². The summed E-state index contributed by atoms with van der Waals surface area (Å²) in [7, 11) is 0. The highest BCUT2D eigenvalue weighted by molar-refractivity contribution is 4.90. The predicted molar refractivity (Wildman–Crippen MR) is 38.0 cm³/mol. The van der Waals surface area contributed by atoms with Gasteiger partial charge in [0.05, 0.1) is 12.6 Å². The van der Waals surface area contributed by atoms with Crippen molar-refractivity contribution in [2.45, 2.75) is 30.6 Å². The van der Waals surface area contributed by atoms with Crippen LogP contribution in [0.15, 0.2) is 0 Å². The number of hydrogen-bond donors (Lipinski definition) is 5. The predicted octanol–water partition coefficient (Wildman–Crippen LogP) is -3.26. The van der Waals surface area contributed by atoms with Crippen LogP contribution in [0.4, 0.5) is 0 Å². The Morgan fingerprint density at radius 1 is 1.17 bits per heavy atom. The van der Waals surface area contributed by atoms with Crippen LogP contribution >= 0.6 is 0 Å². The molecule has 1 fully saturated rings. The summed E-state index contributed by atoms with van der Waals surface area (Å²) in [5.74, 6) is 0. The molecular weight excluding hydrogens is 165 g/mol. The molecule has 0 aromatic carbocycles. The standard InChI is InChI=1S/C6H13NO5/c7-3-5(10)4(9)2(1-8)12-6(3)11/h2-6,8-11H,1,7H2/i6-1. The largest absolute Gasteiger partial charge is 0.394 e. The average molecular weight is 178 g/mol. The van der Waals surface area contributed by atoms with Gasteiger partial charge in [-0.2, -0.15) is 0 Å². The van der Waals surface area contributed by atoms with Crippen LogP contribution in [-0.2, 0) is 4.74 Å². The topological polar surface area (TPSA) is 116 Å². The molecule has 5 atom stereocenters. The molecule has 0 spiro atoms. The number of nitrogens with two attached hydrogens (primary N) is 1. The molecule has 1 aliphatic rings. The van der Waals surface area contributed by atoms with Gasteiger partial charge in [0, 0.05) is 0 Å². The van der Waals surface area contributed by atoms with Gasteiger partial charge < -0.3 is 30.9 Å². The summed E-state index contributed by atoms with van der Waals surface area (Å²) >= 11 is 0. The minimum absolute atomic E-state index is 0.470. The fourth-order valence-electron chi connectivity index (χ4n) is 1.12. The third kappa shape index (κ3) is 1.58. The first-order valence-electron chi connectivity index (χ1n) is 3.64. The lowest BCUT2D eigenvalue weighted by Gasteiger charge is -2.38. The highest BCUT2D eigenvalue weighted by Crippen LogP contribution is 2.17. The van der Waals surface area contributed by atoms with E-state index in [-0.39, 0.29) is 0 Å². The zero-order chi connectivity index (χ0) is 9.30. The number of ether oxygens (including phenoxy) is 1. The van der Waals surface area contributed by atoms with E-state index in [1.165, 1.54) is 0 Å². The summed E-state index contributed by atoms with van der Waals surface area (Å²) in [4.78, 5) is 0. The van der Waals surface area contributed by atoms with E-state index in [1.54, 1.807) is 0 Å². The van der Waals surface area contributed by atoms with Crippen LogP contribution in [0.25, 0.3) is 0 Å². The Morgan fingerprint density at radius 2 is 1.75 bits per heavy atom. The van der Waals surface area contributed by atoms with Gasteiger partial charge in [-0.1, -0.05) is 0 Å². The molecular formula is C6H13NO5. The first-order chi connectivity index (χ1) is 5.57. The summed E-state index contributed by atoms with van der Waals surface area (Å²) in [6, 6.07) is -1.04. The maximum Gasteiger partial charge on any atom is 0.173 e. The van der Waals surface area contributed by atoms with Crippen LogP contribution in [0.3, 0.4) is 0 Å². The Balaban J connectivity index is 2.63. The fraction of sp³-hybridized carbons (Fsp3) is 1.00. The highest BCUT2D eigenvalue weighted by Gasteiger charge is 2.41. The van der Waals surface area contributed by atoms with Gasteiger partial charge in [-0.25, -0.2) is 0 Å². The highest BCUT2D eigenvalue weighted by atomic mass is 16.6. The second-order valence-electron chi connectivity index (χ2n) is 2.81. The van der Waals surface area contributed by atoms with Crippen molar-refractivity contribution in [1.29, 1.82) is 0 Å². The van der Waals surface area contributed by atoms with Crippen molar-refractivity contribution >= 4 is 0 Å². The summed E-state index contributed by atoms with van der Waals surface area (Å²) in [5.41, 5.74) is 5.26. The van der Waals surface area contributed by atoms with Crippen LogP contribution in [0.1, 0.15) is 0 Å². The summed E-state index contributed by atoms with van der Waals surface area (Å²) in [5, 5.41) is 36.1. The maximum absolute atomic E-state index is 9.20. The van der Waals surface area contributed by atoms with Crippen molar-refractivity contribution in [3.63, 3.8) is 0 Å². The number of rotatable bonds is 1. The van der Waals surface area contributed by atoms with Crippen molar-refractivity contribution in [2.75, 3.05) is 6.61 Å². The molecule has 0 saturated carbocycles. The molecule has 6 nitrogen and oxygen atoms in total. The van der Waals surface area contributed by atoms with Crippen molar-refractivity contribution < 1.29 is 25.2 Å². The second kappa shape index (κ2) is 3.65. The number of hydrogen-bond acceptors (Lipinski definition) is 6. The Bertz CT molecular complexity index is 150. The molecule has 1 aliphatic heterocycles. The summed E-state index contributed by atoms with van der Waals surface area (Å²) < 4.78 is 4.70. The monoisotopic (exact) mass is 178 g/mol. The minimum atomic E-state index is -1.35. The van der Waals surface area contributed by atoms with Gasteiger partial charge in [0.15, 0.2) is 6.29 Å². The Morgan fingerprint density at radius 3 is 2.25 bits per heavy atom. The maximum atomic E-state index is 9.20. The van der Waals surface area contributed by atoms with Crippen LogP contribution in [-0.4, -0.2) is 57.7 Å². The molecule has 0 radical (unpaired) electrons. The van der Waals surface area contributed by atoms with Crippen LogP contribution in [0.2, 0.25) is 0 Å². The third-order valence-electron chi connectivity index (χ3n) is 1.95. The van der Waals surface area contributed by atoms with Gasteiger partial charge in [-0.3, -0.25) is 0 Å². The zero-order valence-corrected chi connectivity index (χ0v) is 6.37. The van der Waals surface area contributed by atoms with Crippen molar-refractivity contribution in [3.8, 4) is 0 Å². The molecule has 1 rings (SSSR count). The molecule has 1 heterocycles. The van der Waals surface area contributed by atoms with Gasteiger partial charge in [0.2, 0.25) is 0 Å². The zero-order valence-electron chi connectivity index (χ0n) is 6.37. The Hall–Kier alpha value is -0.240. The molecule has 6 heteroatoms. The van der Waals surface area contributed by atoms with E-state index in [2.05, 4.69) is 0 Å². The Kier molecular flexibility index (Phi) is 2.99. The molecule has 72 valence electrons. The van der Waals surface area contributed by atoms with Gasteiger partial charge in [-0.15, -0.1) is 0 Å². The molecule has 6 N–H and O–H groups in total. The van der Waals surface area contributed by atoms with Gasteiger partial charge >= 0.3 is 0 Å². The smallest absolute Gasteiger partial charge is 0.173 e. The third-order valence-corrected chi connectivity index (χ3v) is 1.95. The molecule has 0 aromatic heterocycles.